The molecule has 4 rings (SSSR count). The highest BCUT2D eigenvalue weighted by molar-refractivity contribution is 5.95. The Morgan fingerprint density at radius 1 is 1.00 bits per heavy atom. The molecule has 1 saturated heterocycles. The lowest BCUT2D eigenvalue weighted by Crippen LogP contribution is -2.49. The first-order chi connectivity index (χ1) is 17.9. The Hall–Kier alpha value is -3.27. The van der Waals surface area contributed by atoms with Crippen molar-refractivity contribution in [2.24, 2.45) is 5.92 Å². The number of carbonyl (C=O) groups excluding carboxylic acids is 3. The minimum atomic E-state index is -0.731. The van der Waals surface area contributed by atoms with E-state index in [0.29, 0.717) is 48.0 Å². The number of hydrogen-bond donors (Lipinski definition) is 1. The molecule has 202 valence electrons. The van der Waals surface area contributed by atoms with Crippen LogP contribution in [-0.2, 0) is 14.3 Å². The number of urea groups is 1. The van der Waals surface area contributed by atoms with Crippen LogP contribution in [0.15, 0.2) is 29.5 Å². The minimum absolute atomic E-state index is 0.179. The normalized spacial score (nSPS) is 21.2. The number of nitrogens with zero attached hydrogens (tertiary/aromatic N) is 3. The van der Waals surface area contributed by atoms with Crippen molar-refractivity contribution in [3.8, 4) is 11.5 Å². The zero-order valence-corrected chi connectivity index (χ0v) is 22.2. The van der Waals surface area contributed by atoms with Gasteiger partial charge in [0.25, 0.3) is 0 Å². The molecule has 3 aliphatic rings. The first-order valence-corrected chi connectivity index (χ1v) is 13.0. The maximum atomic E-state index is 13.3. The molecule has 1 aliphatic carbocycles. The number of carbonyl (C=O) groups is 3. The molecule has 2 heterocycles. The molecule has 1 saturated carbocycles. The molecule has 1 atom stereocenters. The van der Waals surface area contributed by atoms with Gasteiger partial charge < -0.3 is 24.4 Å². The van der Waals surface area contributed by atoms with Crippen LogP contribution in [0.25, 0.3) is 0 Å². The molecular formula is C27H38N4O6. The summed E-state index contributed by atoms with van der Waals surface area (Å²) in [7, 11) is 4.77. The highest BCUT2D eigenvalue weighted by Gasteiger charge is 2.38. The lowest BCUT2D eigenvalue weighted by Gasteiger charge is -2.36. The highest BCUT2D eigenvalue weighted by Crippen LogP contribution is 2.35. The van der Waals surface area contributed by atoms with E-state index in [-0.39, 0.29) is 24.5 Å². The van der Waals surface area contributed by atoms with Gasteiger partial charge in [0.05, 0.1) is 32.4 Å². The van der Waals surface area contributed by atoms with Crippen molar-refractivity contribution in [1.29, 1.82) is 0 Å². The zero-order valence-electron chi connectivity index (χ0n) is 22.2. The Kier molecular flexibility index (Phi) is 8.58. The summed E-state index contributed by atoms with van der Waals surface area (Å²) in [5.74, 6) is 1.07. The number of nitrogens with one attached hydrogen (secondary N) is 1. The van der Waals surface area contributed by atoms with Gasteiger partial charge in [-0.1, -0.05) is 6.42 Å². The number of hydrogen-bond acceptors (Lipinski definition) is 7. The molecule has 0 bridgehead atoms. The molecule has 3 amide bonds. The Bertz CT molecular complexity index is 1030. The van der Waals surface area contributed by atoms with E-state index in [4.69, 9.17) is 14.2 Å². The molecule has 0 unspecified atom stereocenters. The molecule has 0 radical (unpaired) electrons. The maximum Gasteiger partial charge on any atom is 0.338 e. The van der Waals surface area contributed by atoms with Gasteiger partial charge in [-0.15, -0.1) is 0 Å². The first kappa shape index (κ1) is 26.8. The monoisotopic (exact) mass is 514 g/mol. The van der Waals surface area contributed by atoms with Crippen LogP contribution in [0.1, 0.15) is 44.2 Å². The van der Waals surface area contributed by atoms with E-state index in [2.05, 4.69) is 10.2 Å². The van der Waals surface area contributed by atoms with Crippen molar-refractivity contribution >= 4 is 17.9 Å². The van der Waals surface area contributed by atoms with E-state index in [1.54, 1.807) is 46.4 Å². The van der Waals surface area contributed by atoms with Gasteiger partial charge in [0.2, 0.25) is 5.91 Å². The van der Waals surface area contributed by atoms with Crippen molar-refractivity contribution in [1.82, 2.24) is 20.0 Å². The average Bonchev–Trinajstić information content (AvgIpc) is 3.10. The van der Waals surface area contributed by atoms with Crippen molar-refractivity contribution < 1.29 is 28.6 Å². The molecule has 2 fully saturated rings. The van der Waals surface area contributed by atoms with Gasteiger partial charge in [-0.3, -0.25) is 14.6 Å². The standard InChI is InChI=1S/C27H38N4O6/c1-5-37-26(33)23-22(17-30-10-7-11-31(13-12-30)25(32)18-8-6-9-18)29(2)27(34)28-24(23)19-14-20(35-3)16-21(15-19)36-4/h14-16,18,24H,5-13,17H2,1-4H3,(H,28,34)/t24-/m1/s1. The van der Waals surface area contributed by atoms with Crippen molar-refractivity contribution in [3.05, 3.63) is 35.0 Å². The van der Waals surface area contributed by atoms with Gasteiger partial charge in [0, 0.05) is 57.5 Å². The van der Waals surface area contributed by atoms with Crippen molar-refractivity contribution in [3.63, 3.8) is 0 Å². The zero-order chi connectivity index (χ0) is 26.5. The molecule has 2 aliphatic heterocycles. The number of likely N-dealkylation sites (N-methyl/N-ethyl adjacent to an activating group) is 1. The van der Waals surface area contributed by atoms with Crippen LogP contribution in [0.5, 0.6) is 11.5 Å². The molecule has 1 aromatic carbocycles. The molecule has 1 aromatic rings. The van der Waals surface area contributed by atoms with Crippen LogP contribution in [0.2, 0.25) is 0 Å². The Balaban J connectivity index is 1.64. The second kappa shape index (κ2) is 11.9. The minimum Gasteiger partial charge on any atom is -0.497 e. The smallest absolute Gasteiger partial charge is 0.338 e. The van der Waals surface area contributed by atoms with Crippen LogP contribution in [0, 0.1) is 5.92 Å². The number of rotatable bonds is 8. The van der Waals surface area contributed by atoms with Crippen LogP contribution in [0.4, 0.5) is 4.79 Å². The van der Waals surface area contributed by atoms with E-state index in [1.165, 1.54) is 4.90 Å². The van der Waals surface area contributed by atoms with Gasteiger partial charge in [-0.2, -0.15) is 0 Å². The largest absolute Gasteiger partial charge is 0.497 e. The quantitative estimate of drug-likeness (QED) is 0.532. The topological polar surface area (TPSA) is 101 Å². The fraction of sp³-hybridized carbons (Fsp3) is 0.593. The van der Waals surface area contributed by atoms with E-state index >= 15 is 0 Å². The fourth-order valence-electron chi connectivity index (χ4n) is 5.12. The van der Waals surface area contributed by atoms with E-state index in [9.17, 15) is 14.4 Å². The van der Waals surface area contributed by atoms with E-state index in [1.807, 2.05) is 4.90 Å². The third-order valence-corrected chi connectivity index (χ3v) is 7.51. The molecular weight excluding hydrogens is 476 g/mol. The van der Waals surface area contributed by atoms with Gasteiger partial charge in [-0.05, 0) is 43.9 Å². The van der Waals surface area contributed by atoms with Crippen LogP contribution in [-0.4, -0.2) is 93.2 Å². The number of esters is 1. The molecule has 1 N–H and O–H groups in total. The molecule has 0 spiro atoms. The third kappa shape index (κ3) is 5.84. The predicted octanol–water partition coefficient (Wildman–Crippen LogP) is 2.55. The summed E-state index contributed by atoms with van der Waals surface area (Å²) in [6.45, 7) is 5.17. The second-order valence-corrected chi connectivity index (χ2v) is 9.75. The summed E-state index contributed by atoms with van der Waals surface area (Å²) in [4.78, 5) is 44.9. The Morgan fingerprint density at radius 2 is 1.70 bits per heavy atom. The summed E-state index contributed by atoms with van der Waals surface area (Å²) in [5, 5.41) is 2.95. The number of ether oxygens (including phenoxy) is 3. The van der Waals surface area contributed by atoms with Gasteiger partial charge in [-0.25, -0.2) is 9.59 Å². The summed E-state index contributed by atoms with van der Waals surface area (Å²) in [5.41, 5.74) is 1.63. The molecule has 10 heteroatoms. The summed E-state index contributed by atoms with van der Waals surface area (Å²) >= 11 is 0. The Morgan fingerprint density at radius 3 is 2.30 bits per heavy atom. The maximum absolute atomic E-state index is 13.3. The van der Waals surface area contributed by atoms with Gasteiger partial charge in [0.15, 0.2) is 0 Å². The average molecular weight is 515 g/mol. The molecule has 37 heavy (non-hydrogen) atoms. The second-order valence-electron chi connectivity index (χ2n) is 9.75. The number of methoxy groups -OCH3 is 2. The third-order valence-electron chi connectivity index (χ3n) is 7.51. The highest BCUT2D eigenvalue weighted by atomic mass is 16.5. The van der Waals surface area contributed by atoms with Gasteiger partial charge in [0.1, 0.15) is 11.5 Å². The number of amides is 3. The van der Waals surface area contributed by atoms with Crippen LogP contribution >= 0.6 is 0 Å². The summed E-state index contributed by atoms with van der Waals surface area (Å²) in [6, 6.07) is 4.26. The molecule has 10 nitrogen and oxygen atoms in total. The lowest BCUT2D eigenvalue weighted by atomic mass is 9.84. The SMILES string of the molecule is CCOC(=O)C1=C(CN2CCCN(C(=O)C3CCC3)CC2)N(C)C(=O)N[C@@H]1c1cc(OC)cc(OC)c1. The van der Waals surface area contributed by atoms with Crippen molar-refractivity contribution in [2.45, 2.75) is 38.6 Å². The van der Waals surface area contributed by atoms with Crippen LogP contribution < -0.4 is 14.8 Å². The van der Waals surface area contributed by atoms with E-state index < -0.39 is 12.0 Å². The van der Waals surface area contributed by atoms with Gasteiger partial charge >= 0.3 is 12.0 Å². The summed E-state index contributed by atoms with van der Waals surface area (Å²) in [6.07, 6.45) is 3.96. The Labute approximate surface area is 218 Å². The lowest BCUT2D eigenvalue weighted by molar-refractivity contribution is -0.139. The van der Waals surface area contributed by atoms with E-state index in [0.717, 1.165) is 38.8 Å². The first-order valence-electron chi connectivity index (χ1n) is 13.0. The number of benzene rings is 1. The van der Waals surface area contributed by atoms with Crippen LogP contribution in [0.3, 0.4) is 0 Å². The van der Waals surface area contributed by atoms with Crippen molar-refractivity contribution in [2.75, 3.05) is 60.6 Å². The molecule has 0 aromatic heterocycles. The summed E-state index contributed by atoms with van der Waals surface area (Å²) < 4.78 is 16.3. The fourth-order valence-corrected chi connectivity index (χ4v) is 5.12. The predicted molar refractivity (Wildman–Crippen MR) is 137 cm³/mol.